The van der Waals surface area contributed by atoms with Crippen molar-refractivity contribution in [3.63, 3.8) is 0 Å². The minimum Gasteiger partial charge on any atom is -0.479 e. The van der Waals surface area contributed by atoms with Gasteiger partial charge in [0, 0.05) is 12.2 Å². The smallest absolute Gasteiger partial charge is 0.244 e. The quantitative estimate of drug-likeness (QED) is 0.423. The Kier molecular flexibility index (Phi) is 6.42. The van der Waals surface area contributed by atoms with E-state index in [1.54, 1.807) is 42.5 Å². The molecule has 1 N–H and O–H groups in total. The predicted octanol–water partition coefficient (Wildman–Crippen LogP) is 4.50. The molecule has 5 rings (SSSR count). The number of benzene rings is 4. The second-order valence-electron chi connectivity index (χ2n) is 8.51. The lowest BCUT2D eigenvalue weighted by Gasteiger charge is -2.35. The number of sulfonamides is 1. The van der Waals surface area contributed by atoms with E-state index in [1.807, 2.05) is 54.6 Å². The van der Waals surface area contributed by atoms with Gasteiger partial charge in [0.25, 0.3) is 0 Å². The maximum absolute atomic E-state index is 13.9. The Hall–Kier alpha value is -4.19. The molecule has 36 heavy (non-hydrogen) atoms. The van der Waals surface area contributed by atoms with E-state index in [-0.39, 0.29) is 24.5 Å². The van der Waals surface area contributed by atoms with E-state index >= 15 is 0 Å². The van der Waals surface area contributed by atoms with E-state index in [0.29, 0.717) is 11.4 Å². The van der Waals surface area contributed by atoms with Crippen LogP contribution in [0.15, 0.2) is 95.9 Å². The number of anilines is 1. The Balaban J connectivity index is 1.47. The third-order valence-corrected chi connectivity index (χ3v) is 8.11. The molecule has 0 radical (unpaired) electrons. The minimum atomic E-state index is -3.98. The third-order valence-electron chi connectivity index (χ3n) is 6.26. The summed E-state index contributed by atoms with van der Waals surface area (Å²) in [4.78, 5) is 13.6. The molecule has 4 aromatic carbocycles. The first-order chi connectivity index (χ1) is 17.5. The van der Waals surface area contributed by atoms with Crippen LogP contribution in [0.5, 0.6) is 5.75 Å². The highest BCUT2D eigenvalue weighted by Crippen LogP contribution is 2.31. The molecular formula is C28H23N3O4S. The molecule has 0 unspecified atom stereocenters. The maximum atomic E-state index is 13.9. The fourth-order valence-electron chi connectivity index (χ4n) is 4.41. The Labute approximate surface area is 209 Å². The van der Waals surface area contributed by atoms with Gasteiger partial charge in [-0.2, -0.15) is 9.57 Å². The number of nitrogens with one attached hydrogen (secondary N) is 1. The Bertz CT molecular complexity index is 1580. The van der Waals surface area contributed by atoms with Gasteiger partial charge in [-0.15, -0.1) is 0 Å². The van der Waals surface area contributed by atoms with Crippen LogP contribution in [-0.2, 0) is 27.8 Å². The number of nitriles is 1. The van der Waals surface area contributed by atoms with Gasteiger partial charge in [0.15, 0.2) is 6.61 Å². The number of rotatable bonds is 6. The van der Waals surface area contributed by atoms with Gasteiger partial charge < -0.3 is 10.1 Å². The second-order valence-corrected chi connectivity index (χ2v) is 10.4. The molecule has 0 aromatic heterocycles. The molecule has 1 heterocycles. The SMILES string of the molecule is N#CCOc1ccc(NC(=O)[C@@H]2Cc3ccccc3CN2S(=O)(=O)c2ccc3ccccc3c2)cc1. The molecule has 1 atom stereocenters. The van der Waals surface area contributed by atoms with Crippen LogP contribution < -0.4 is 10.1 Å². The summed E-state index contributed by atoms with van der Waals surface area (Å²) in [5, 5.41) is 13.3. The van der Waals surface area contributed by atoms with Crippen LogP contribution in [0.1, 0.15) is 11.1 Å². The Morgan fingerprint density at radius 3 is 2.39 bits per heavy atom. The van der Waals surface area contributed by atoms with Crippen LogP contribution in [0, 0.1) is 11.3 Å². The summed E-state index contributed by atoms with van der Waals surface area (Å²) in [6, 6.07) is 27.8. The standard InChI is InChI=1S/C28H23N3O4S/c29-15-16-35-25-12-10-24(11-13-25)30-28(32)27-18-22-7-3-4-8-23(22)19-31(27)36(33,34)26-14-9-20-5-1-2-6-21(20)17-26/h1-14,17,27H,16,18-19H2,(H,30,32)/t27-/m0/s1. The summed E-state index contributed by atoms with van der Waals surface area (Å²) in [5.74, 6) is 0.0845. The van der Waals surface area contributed by atoms with Crippen molar-refractivity contribution >= 4 is 32.4 Å². The fourth-order valence-corrected chi connectivity index (χ4v) is 6.02. The summed E-state index contributed by atoms with van der Waals surface area (Å²) in [6.07, 6.45) is 0.262. The molecule has 0 aliphatic carbocycles. The zero-order chi connectivity index (χ0) is 25.1. The zero-order valence-electron chi connectivity index (χ0n) is 19.3. The second kappa shape index (κ2) is 9.82. The van der Waals surface area contributed by atoms with Gasteiger partial charge in [0.1, 0.15) is 17.9 Å². The maximum Gasteiger partial charge on any atom is 0.244 e. The number of fused-ring (bicyclic) bond motifs is 2. The molecule has 8 heteroatoms. The van der Waals surface area contributed by atoms with Crippen LogP contribution in [0.2, 0.25) is 0 Å². The van der Waals surface area contributed by atoms with Crippen LogP contribution in [-0.4, -0.2) is 31.3 Å². The molecule has 0 saturated heterocycles. The van der Waals surface area contributed by atoms with E-state index in [0.717, 1.165) is 21.9 Å². The number of carbonyl (C=O) groups is 1. The van der Waals surface area contributed by atoms with Gasteiger partial charge in [-0.05, 0) is 64.7 Å². The molecule has 1 amide bonds. The van der Waals surface area contributed by atoms with E-state index in [2.05, 4.69) is 5.32 Å². The molecule has 0 spiro atoms. The van der Waals surface area contributed by atoms with Gasteiger partial charge in [0.05, 0.1) is 4.90 Å². The molecule has 0 bridgehead atoms. The molecule has 1 aliphatic heterocycles. The van der Waals surface area contributed by atoms with Crippen molar-refractivity contribution in [2.24, 2.45) is 0 Å². The van der Waals surface area contributed by atoms with Gasteiger partial charge >= 0.3 is 0 Å². The van der Waals surface area contributed by atoms with Crippen molar-refractivity contribution in [3.05, 3.63) is 102 Å². The first-order valence-corrected chi connectivity index (χ1v) is 12.9. The highest BCUT2D eigenvalue weighted by molar-refractivity contribution is 7.89. The molecular weight excluding hydrogens is 474 g/mol. The summed E-state index contributed by atoms with van der Waals surface area (Å²) in [5.41, 5.74) is 2.33. The summed E-state index contributed by atoms with van der Waals surface area (Å²) >= 11 is 0. The van der Waals surface area contributed by atoms with Crippen LogP contribution >= 0.6 is 0 Å². The number of nitrogens with zero attached hydrogens (tertiary/aromatic N) is 2. The number of hydrogen-bond acceptors (Lipinski definition) is 5. The highest BCUT2D eigenvalue weighted by atomic mass is 32.2. The number of amides is 1. The normalized spacial score (nSPS) is 15.6. The predicted molar refractivity (Wildman–Crippen MR) is 137 cm³/mol. The first-order valence-electron chi connectivity index (χ1n) is 11.4. The van der Waals surface area contributed by atoms with E-state index in [9.17, 15) is 13.2 Å². The monoisotopic (exact) mass is 497 g/mol. The van der Waals surface area contributed by atoms with Crippen molar-refractivity contribution in [2.75, 3.05) is 11.9 Å². The van der Waals surface area contributed by atoms with Gasteiger partial charge in [-0.1, -0.05) is 54.6 Å². The van der Waals surface area contributed by atoms with E-state index in [1.165, 1.54) is 4.31 Å². The van der Waals surface area contributed by atoms with Gasteiger partial charge in [-0.3, -0.25) is 4.79 Å². The third kappa shape index (κ3) is 4.67. The lowest BCUT2D eigenvalue weighted by molar-refractivity contribution is -0.120. The Morgan fingerprint density at radius 1 is 0.944 bits per heavy atom. The van der Waals surface area contributed by atoms with Crippen molar-refractivity contribution in [3.8, 4) is 11.8 Å². The summed E-state index contributed by atoms with van der Waals surface area (Å²) in [7, 11) is -3.98. The largest absolute Gasteiger partial charge is 0.479 e. The lowest BCUT2D eigenvalue weighted by atomic mass is 9.95. The molecule has 180 valence electrons. The molecule has 7 nitrogen and oxygen atoms in total. The molecule has 4 aromatic rings. The van der Waals surface area contributed by atoms with Crippen LogP contribution in [0.4, 0.5) is 5.69 Å². The van der Waals surface area contributed by atoms with Crippen molar-refractivity contribution < 1.29 is 17.9 Å². The van der Waals surface area contributed by atoms with Gasteiger partial charge in [0.2, 0.25) is 15.9 Å². The molecule has 0 saturated carbocycles. The summed E-state index contributed by atoms with van der Waals surface area (Å²) in [6.45, 7) is 0.0269. The van der Waals surface area contributed by atoms with Crippen molar-refractivity contribution in [1.82, 2.24) is 4.31 Å². The number of hydrogen-bond donors (Lipinski definition) is 1. The fraction of sp³-hybridized carbons (Fsp3) is 0.143. The topological polar surface area (TPSA) is 99.5 Å². The van der Waals surface area contributed by atoms with Crippen molar-refractivity contribution in [1.29, 1.82) is 5.26 Å². The average molecular weight is 498 g/mol. The van der Waals surface area contributed by atoms with E-state index < -0.39 is 22.0 Å². The minimum absolute atomic E-state index is 0.0746. The van der Waals surface area contributed by atoms with E-state index in [4.69, 9.17) is 10.00 Å². The Morgan fingerprint density at radius 2 is 1.64 bits per heavy atom. The van der Waals surface area contributed by atoms with Crippen LogP contribution in [0.3, 0.4) is 0 Å². The molecule has 0 fully saturated rings. The van der Waals surface area contributed by atoms with Crippen molar-refractivity contribution in [2.45, 2.75) is 23.9 Å². The highest BCUT2D eigenvalue weighted by Gasteiger charge is 2.39. The van der Waals surface area contributed by atoms with Crippen LogP contribution in [0.25, 0.3) is 10.8 Å². The van der Waals surface area contributed by atoms with Gasteiger partial charge in [-0.25, -0.2) is 8.42 Å². The zero-order valence-corrected chi connectivity index (χ0v) is 20.1. The number of carbonyl (C=O) groups excluding carboxylic acids is 1. The average Bonchev–Trinajstić information content (AvgIpc) is 2.91. The number of ether oxygens (including phenoxy) is 1. The summed E-state index contributed by atoms with van der Waals surface area (Å²) < 4.78 is 34.3. The first kappa shape index (κ1) is 23.5. The molecule has 1 aliphatic rings. The lowest BCUT2D eigenvalue weighted by Crippen LogP contribution is -2.50.